The minimum atomic E-state index is -2.92. The summed E-state index contributed by atoms with van der Waals surface area (Å²) in [5.41, 5.74) is 0.0994. The van der Waals surface area contributed by atoms with Gasteiger partial charge in [0, 0.05) is 21.3 Å². The molecule has 0 N–H and O–H groups in total. The number of hydrogen-bond donors (Lipinski definition) is 0. The van der Waals surface area contributed by atoms with Gasteiger partial charge in [-0.2, -0.15) is 0 Å². The maximum Gasteiger partial charge on any atom is 0.532 e. The van der Waals surface area contributed by atoms with Crippen molar-refractivity contribution in [2.24, 2.45) is 0 Å². The maximum absolute atomic E-state index is 6.64. The molecule has 0 aliphatic rings. The minimum absolute atomic E-state index is 0.0994. The summed E-state index contributed by atoms with van der Waals surface area (Å²) in [7, 11) is -1.76. The summed E-state index contributed by atoms with van der Waals surface area (Å²) in [5, 5.41) is -0.585. The molecule has 0 saturated heterocycles. The second-order valence-electron chi connectivity index (χ2n) is 7.33. The zero-order valence-corrected chi connectivity index (χ0v) is 19.3. The predicted octanol–water partition coefficient (Wildman–Crippen LogP) is 3.57. The summed E-state index contributed by atoms with van der Waals surface area (Å²) in [6, 6.07) is 0. The molecular weight excluding hydrogens is 332 g/mol. The van der Waals surface area contributed by atoms with Crippen LogP contribution in [0.1, 0.15) is 27.2 Å². The molecule has 0 aromatic rings. The standard InChI is InChI=1S/C14H36O5Si3/c1-12-14(3,22(15-4,16-5)17-6)19-21(10,11)13(2)18-20(7,8)9/h13H,12H2,1-11H3. The van der Waals surface area contributed by atoms with Crippen molar-refractivity contribution in [3.05, 3.63) is 0 Å². The van der Waals surface area contributed by atoms with Crippen molar-refractivity contribution in [2.75, 3.05) is 21.3 Å². The molecule has 0 aliphatic heterocycles. The molecule has 0 fully saturated rings. The smallest absolute Gasteiger partial charge is 0.415 e. The molecule has 0 aliphatic carbocycles. The molecule has 0 saturated carbocycles. The van der Waals surface area contributed by atoms with E-state index in [1.165, 1.54) is 0 Å². The van der Waals surface area contributed by atoms with Gasteiger partial charge in [-0.3, -0.25) is 0 Å². The van der Waals surface area contributed by atoms with E-state index in [2.05, 4.69) is 46.6 Å². The normalized spacial score (nSPS) is 18.1. The molecular formula is C14H36O5Si3. The second-order valence-corrected chi connectivity index (χ2v) is 19.4. The van der Waals surface area contributed by atoms with E-state index in [1.54, 1.807) is 21.3 Å². The lowest BCUT2D eigenvalue weighted by molar-refractivity contribution is 0.00846. The SMILES string of the molecule is CCC(C)(O[Si](C)(C)C(C)O[Si](C)(C)C)[Si](OC)(OC)OC. The van der Waals surface area contributed by atoms with Gasteiger partial charge in [0.25, 0.3) is 0 Å². The van der Waals surface area contributed by atoms with Gasteiger partial charge < -0.3 is 22.1 Å². The topological polar surface area (TPSA) is 46.2 Å². The van der Waals surface area contributed by atoms with Crippen molar-refractivity contribution < 1.29 is 22.1 Å². The minimum Gasteiger partial charge on any atom is -0.415 e. The zero-order chi connectivity index (χ0) is 17.8. The van der Waals surface area contributed by atoms with Gasteiger partial charge in [0.05, 0.1) is 5.73 Å². The fourth-order valence-corrected chi connectivity index (χ4v) is 10.8. The van der Waals surface area contributed by atoms with Crippen molar-refractivity contribution in [1.82, 2.24) is 0 Å². The van der Waals surface area contributed by atoms with Crippen LogP contribution in [0.4, 0.5) is 0 Å². The highest BCUT2D eigenvalue weighted by Gasteiger charge is 2.59. The molecule has 0 bridgehead atoms. The summed E-state index contributed by atoms with van der Waals surface area (Å²) in [6.45, 7) is 17.2. The average Bonchev–Trinajstić information content (AvgIpc) is 2.38. The molecule has 0 aromatic carbocycles. The molecule has 5 nitrogen and oxygen atoms in total. The van der Waals surface area contributed by atoms with E-state index < -0.39 is 30.7 Å². The average molecular weight is 369 g/mol. The van der Waals surface area contributed by atoms with Crippen LogP contribution >= 0.6 is 0 Å². The van der Waals surface area contributed by atoms with Crippen LogP contribution in [-0.2, 0) is 22.1 Å². The van der Waals surface area contributed by atoms with E-state index in [0.29, 0.717) is 0 Å². The highest BCUT2D eigenvalue weighted by atomic mass is 28.4. The van der Waals surface area contributed by atoms with Gasteiger partial charge in [-0.25, -0.2) is 0 Å². The summed E-state index contributed by atoms with van der Waals surface area (Å²) in [4.78, 5) is 0. The summed E-state index contributed by atoms with van der Waals surface area (Å²) < 4.78 is 30.0. The van der Waals surface area contributed by atoms with Crippen molar-refractivity contribution in [1.29, 1.82) is 0 Å². The van der Waals surface area contributed by atoms with E-state index in [-0.39, 0.29) is 5.73 Å². The Morgan fingerprint density at radius 3 is 1.59 bits per heavy atom. The van der Waals surface area contributed by atoms with Gasteiger partial charge in [0.2, 0.25) is 8.32 Å². The lowest BCUT2D eigenvalue weighted by atomic mass is 10.3. The predicted molar refractivity (Wildman–Crippen MR) is 97.9 cm³/mol. The Balaban J connectivity index is 5.42. The molecule has 0 heterocycles. The van der Waals surface area contributed by atoms with E-state index in [9.17, 15) is 0 Å². The van der Waals surface area contributed by atoms with Crippen LogP contribution in [0.5, 0.6) is 0 Å². The molecule has 134 valence electrons. The third-order valence-electron chi connectivity index (χ3n) is 4.13. The Morgan fingerprint density at radius 1 is 0.909 bits per heavy atom. The lowest BCUT2D eigenvalue weighted by Gasteiger charge is -2.46. The number of rotatable bonds is 10. The molecule has 0 aromatic heterocycles. The first kappa shape index (κ1) is 22.5. The molecule has 0 rings (SSSR count). The Hall–Kier alpha value is 0.451. The Morgan fingerprint density at radius 2 is 1.32 bits per heavy atom. The van der Waals surface area contributed by atoms with Gasteiger partial charge >= 0.3 is 8.80 Å². The molecule has 0 amide bonds. The van der Waals surface area contributed by atoms with Crippen LogP contribution in [0, 0.1) is 0 Å². The molecule has 2 unspecified atom stereocenters. The summed E-state index contributed by atoms with van der Waals surface area (Å²) in [5.74, 6) is 0. The Kier molecular flexibility index (Phi) is 8.18. The number of hydrogen-bond acceptors (Lipinski definition) is 5. The van der Waals surface area contributed by atoms with Gasteiger partial charge in [-0.1, -0.05) is 6.92 Å². The van der Waals surface area contributed by atoms with E-state index in [1.807, 2.05) is 6.92 Å². The van der Waals surface area contributed by atoms with Crippen LogP contribution in [0.3, 0.4) is 0 Å². The van der Waals surface area contributed by atoms with Crippen LogP contribution in [0.2, 0.25) is 32.7 Å². The van der Waals surface area contributed by atoms with Crippen LogP contribution < -0.4 is 0 Å². The van der Waals surface area contributed by atoms with Gasteiger partial charge in [-0.15, -0.1) is 0 Å². The highest BCUT2D eigenvalue weighted by molar-refractivity contribution is 6.76. The maximum atomic E-state index is 6.64. The van der Waals surface area contributed by atoms with E-state index in [4.69, 9.17) is 22.1 Å². The van der Waals surface area contributed by atoms with E-state index >= 15 is 0 Å². The molecule has 0 spiro atoms. The van der Waals surface area contributed by atoms with Gasteiger partial charge in [-0.05, 0) is 53.0 Å². The zero-order valence-electron chi connectivity index (χ0n) is 16.3. The monoisotopic (exact) mass is 368 g/mol. The van der Waals surface area contributed by atoms with E-state index in [0.717, 1.165) is 6.42 Å². The fraction of sp³-hybridized carbons (Fsp3) is 1.00. The third-order valence-corrected chi connectivity index (χ3v) is 12.0. The summed E-state index contributed by atoms with van der Waals surface area (Å²) >= 11 is 0. The lowest BCUT2D eigenvalue weighted by Crippen LogP contribution is -2.67. The van der Waals surface area contributed by atoms with Crippen LogP contribution in [0.15, 0.2) is 0 Å². The van der Waals surface area contributed by atoms with Crippen molar-refractivity contribution >= 4 is 25.4 Å². The second kappa shape index (κ2) is 8.02. The van der Waals surface area contributed by atoms with Crippen LogP contribution in [-0.4, -0.2) is 57.7 Å². The van der Waals surface area contributed by atoms with Gasteiger partial charge in [0.15, 0.2) is 8.32 Å². The first-order chi connectivity index (χ1) is 9.83. The Bertz CT molecular complexity index is 334. The molecule has 0 radical (unpaired) electrons. The first-order valence-corrected chi connectivity index (χ1v) is 16.0. The summed E-state index contributed by atoms with van der Waals surface area (Å²) in [6.07, 6.45) is 0.755. The van der Waals surface area contributed by atoms with Crippen LogP contribution in [0.25, 0.3) is 0 Å². The van der Waals surface area contributed by atoms with Crippen molar-refractivity contribution in [3.63, 3.8) is 0 Å². The first-order valence-electron chi connectivity index (χ1n) is 7.86. The van der Waals surface area contributed by atoms with Crippen molar-refractivity contribution in [3.8, 4) is 0 Å². The fourth-order valence-electron chi connectivity index (χ4n) is 2.58. The molecule has 2 atom stereocenters. The largest absolute Gasteiger partial charge is 0.532 e. The quantitative estimate of drug-likeness (QED) is 0.552. The van der Waals surface area contributed by atoms with Gasteiger partial charge in [0.1, 0.15) is 5.22 Å². The van der Waals surface area contributed by atoms with Crippen molar-refractivity contribution in [2.45, 2.75) is 70.9 Å². The Labute approximate surface area is 140 Å². The molecule has 8 heteroatoms. The highest BCUT2D eigenvalue weighted by Crippen LogP contribution is 2.34. The molecule has 22 heavy (non-hydrogen) atoms. The third kappa shape index (κ3) is 5.23.